The van der Waals surface area contributed by atoms with Crippen molar-refractivity contribution in [3.63, 3.8) is 0 Å². The molecule has 0 aromatic carbocycles. The van der Waals surface area contributed by atoms with Crippen molar-refractivity contribution in [2.45, 2.75) is 0 Å². The second-order valence-electron chi connectivity index (χ2n) is 1.96. The summed E-state index contributed by atoms with van der Waals surface area (Å²) in [5.74, 6) is 1.21. The van der Waals surface area contributed by atoms with E-state index < -0.39 is 7.59 Å². The van der Waals surface area contributed by atoms with Gasteiger partial charge in [0, 0.05) is 0 Å². The standard InChI is InChI=1S/C3H10N3O2PS/c4-9(5,7)6-1-8-3-10-2-6/h1-3H2,(H4,4,5,7). The molecule has 1 rings (SSSR count). The minimum Gasteiger partial charge on any atom is -0.355 e. The molecule has 10 heavy (non-hydrogen) atoms. The van der Waals surface area contributed by atoms with Crippen molar-refractivity contribution in [1.82, 2.24) is 4.67 Å². The Balaban J connectivity index is 2.47. The van der Waals surface area contributed by atoms with Gasteiger partial charge < -0.3 is 4.74 Å². The van der Waals surface area contributed by atoms with Crippen LogP contribution in [0.15, 0.2) is 0 Å². The number of hydrogen-bond acceptors (Lipinski definition) is 3. The van der Waals surface area contributed by atoms with Gasteiger partial charge in [-0.2, -0.15) is 4.67 Å². The fourth-order valence-corrected chi connectivity index (χ4v) is 2.34. The second kappa shape index (κ2) is 3.21. The van der Waals surface area contributed by atoms with Gasteiger partial charge in [0.2, 0.25) is 0 Å². The van der Waals surface area contributed by atoms with Gasteiger partial charge in [0.05, 0.1) is 11.8 Å². The van der Waals surface area contributed by atoms with Crippen LogP contribution in [0, 0.1) is 0 Å². The lowest BCUT2D eigenvalue weighted by Crippen LogP contribution is -2.33. The molecule has 0 amide bonds. The Morgan fingerprint density at radius 3 is 2.60 bits per heavy atom. The molecule has 1 fully saturated rings. The molecule has 0 aromatic rings. The molecule has 1 aliphatic rings. The summed E-state index contributed by atoms with van der Waals surface area (Å²) in [6.45, 7) is 0.275. The summed E-state index contributed by atoms with van der Waals surface area (Å²) < 4.78 is 17.4. The van der Waals surface area contributed by atoms with Crippen LogP contribution in [-0.4, -0.2) is 23.2 Å². The SMILES string of the molecule is NP(N)(=O)N1COCSC1. The molecule has 0 aromatic heterocycles. The van der Waals surface area contributed by atoms with Crippen molar-refractivity contribution in [3.8, 4) is 0 Å². The maximum absolute atomic E-state index is 11.0. The monoisotopic (exact) mass is 183 g/mol. The average molecular weight is 183 g/mol. The highest BCUT2D eigenvalue weighted by molar-refractivity contribution is 7.99. The number of ether oxygens (including phenoxy) is 1. The molecule has 0 radical (unpaired) electrons. The van der Waals surface area contributed by atoms with Crippen LogP contribution in [0.1, 0.15) is 0 Å². The summed E-state index contributed by atoms with van der Waals surface area (Å²) >= 11 is 1.50. The first-order valence-corrected chi connectivity index (χ1v) is 5.64. The first-order valence-electron chi connectivity index (χ1n) is 2.69. The number of nitrogens with zero attached hydrogens (tertiary/aromatic N) is 1. The minimum atomic E-state index is -3.05. The summed E-state index contributed by atoms with van der Waals surface area (Å²) in [6, 6.07) is 0. The molecule has 0 bridgehead atoms. The Kier molecular flexibility index (Phi) is 2.74. The first-order chi connectivity index (χ1) is 4.61. The topological polar surface area (TPSA) is 81.6 Å². The molecule has 1 saturated heterocycles. The van der Waals surface area contributed by atoms with Crippen molar-refractivity contribution < 1.29 is 9.30 Å². The quantitative estimate of drug-likeness (QED) is 0.555. The largest absolute Gasteiger partial charge is 0.355 e. The zero-order chi connectivity index (χ0) is 7.61. The van der Waals surface area contributed by atoms with Crippen LogP contribution in [0.2, 0.25) is 0 Å². The van der Waals surface area contributed by atoms with Crippen LogP contribution < -0.4 is 11.0 Å². The lowest BCUT2D eigenvalue weighted by Gasteiger charge is -2.27. The molecule has 60 valence electrons. The Bertz CT molecular complexity index is 154. The molecular formula is C3H10N3O2PS. The maximum atomic E-state index is 11.0. The Labute approximate surface area is 63.6 Å². The third kappa shape index (κ3) is 2.23. The molecule has 1 heterocycles. The fraction of sp³-hybridized carbons (Fsp3) is 1.00. The highest BCUT2D eigenvalue weighted by atomic mass is 32.2. The van der Waals surface area contributed by atoms with Crippen LogP contribution in [0.5, 0.6) is 0 Å². The van der Waals surface area contributed by atoms with Crippen LogP contribution >= 0.6 is 19.4 Å². The van der Waals surface area contributed by atoms with E-state index >= 15 is 0 Å². The molecule has 4 N–H and O–H groups in total. The molecule has 0 spiro atoms. The van der Waals surface area contributed by atoms with E-state index in [1.807, 2.05) is 0 Å². The van der Waals surface area contributed by atoms with Crippen molar-refractivity contribution in [2.24, 2.45) is 11.0 Å². The zero-order valence-corrected chi connectivity index (χ0v) is 7.11. The van der Waals surface area contributed by atoms with E-state index in [-0.39, 0.29) is 6.73 Å². The molecular weight excluding hydrogens is 173 g/mol. The zero-order valence-electron chi connectivity index (χ0n) is 5.40. The molecule has 0 atom stereocenters. The first kappa shape index (κ1) is 8.52. The summed E-state index contributed by atoms with van der Waals surface area (Å²) in [5, 5.41) is 0. The lowest BCUT2D eigenvalue weighted by atomic mass is 11.1. The molecule has 0 unspecified atom stereocenters. The van der Waals surface area contributed by atoms with Crippen molar-refractivity contribution >= 4 is 19.4 Å². The van der Waals surface area contributed by atoms with E-state index in [0.717, 1.165) is 0 Å². The third-order valence-electron chi connectivity index (χ3n) is 1.09. The minimum absolute atomic E-state index is 0.275. The van der Waals surface area contributed by atoms with Crippen molar-refractivity contribution in [2.75, 3.05) is 18.5 Å². The second-order valence-corrected chi connectivity index (χ2v) is 4.78. The van der Waals surface area contributed by atoms with Gasteiger partial charge in [0.1, 0.15) is 6.73 Å². The van der Waals surface area contributed by atoms with Gasteiger partial charge >= 0.3 is 0 Å². The smallest absolute Gasteiger partial charge is 0.279 e. The number of rotatable bonds is 1. The summed E-state index contributed by atoms with van der Waals surface area (Å²) in [7, 11) is -3.05. The molecule has 1 aliphatic heterocycles. The van der Waals surface area contributed by atoms with E-state index in [2.05, 4.69) is 0 Å². The molecule has 0 saturated carbocycles. The summed E-state index contributed by atoms with van der Waals surface area (Å²) in [5.41, 5.74) is 10.4. The Hall–Kier alpha value is 0.420. The lowest BCUT2D eigenvalue weighted by molar-refractivity contribution is 0.102. The number of thioether (sulfide) groups is 1. The number of nitrogens with two attached hydrogens (primary N) is 2. The Morgan fingerprint density at radius 2 is 2.30 bits per heavy atom. The van der Waals surface area contributed by atoms with Crippen LogP contribution in [0.25, 0.3) is 0 Å². The van der Waals surface area contributed by atoms with Crippen molar-refractivity contribution in [3.05, 3.63) is 0 Å². The average Bonchev–Trinajstić information content (AvgIpc) is 1.88. The van der Waals surface area contributed by atoms with Gasteiger partial charge in [-0.25, -0.2) is 0 Å². The molecule has 0 aliphatic carbocycles. The van der Waals surface area contributed by atoms with E-state index in [9.17, 15) is 4.57 Å². The highest BCUT2D eigenvalue weighted by Gasteiger charge is 2.23. The highest BCUT2D eigenvalue weighted by Crippen LogP contribution is 2.34. The number of hydrogen-bond donors (Lipinski definition) is 2. The van der Waals surface area contributed by atoms with Gasteiger partial charge in [0.15, 0.2) is 0 Å². The van der Waals surface area contributed by atoms with Gasteiger partial charge in [-0.05, 0) is 0 Å². The van der Waals surface area contributed by atoms with E-state index in [1.165, 1.54) is 16.4 Å². The van der Waals surface area contributed by atoms with Crippen LogP contribution in [0.3, 0.4) is 0 Å². The van der Waals surface area contributed by atoms with E-state index in [4.69, 9.17) is 15.7 Å². The van der Waals surface area contributed by atoms with Gasteiger partial charge in [-0.1, -0.05) is 0 Å². The van der Waals surface area contributed by atoms with E-state index in [1.54, 1.807) is 0 Å². The van der Waals surface area contributed by atoms with E-state index in [0.29, 0.717) is 11.8 Å². The molecule has 7 heteroatoms. The summed E-state index contributed by atoms with van der Waals surface area (Å²) in [6.07, 6.45) is 0. The predicted octanol–water partition coefficient (Wildman–Crippen LogP) is -0.0502. The fourth-order valence-electron chi connectivity index (χ4n) is 0.562. The van der Waals surface area contributed by atoms with Crippen LogP contribution in [-0.2, 0) is 9.30 Å². The van der Waals surface area contributed by atoms with Gasteiger partial charge in [0.25, 0.3) is 7.59 Å². The van der Waals surface area contributed by atoms with Crippen molar-refractivity contribution in [1.29, 1.82) is 0 Å². The maximum Gasteiger partial charge on any atom is 0.279 e. The van der Waals surface area contributed by atoms with Gasteiger partial charge in [-0.3, -0.25) is 15.6 Å². The predicted molar refractivity (Wildman–Crippen MR) is 41.1 cm³/mol. The van der Waals surface area contributed by atoms with Crippen LogP contribution in [0.4, 0.5) is 0 Å². The summed E-state index contributed by atoms with van der Waals surface area (Å²) in [4.78, 5) is 0. The normalized spacial score (nSPS) is 23.0. The molecule has 5 nitrogen and oxygen atoms in total. The third-order valence-corrected chi connectivity index (χ3v) is 3.25. The van der Waals surface area contributed by atoms with Gasteiger partial charge in [-0.15, -0.1) is 11.8 Å². The Morgan fingerprint density at radius 1 is 1.60 bits per heavy atom.